The minimum Gasteiger partial charge on any atom is -0.396 e. The van der Waals surface area contributed by atoms with Crippen LogP contribution in [0.4, 0.5) is 0 Å². The summed E-state index contributed by atoms with van der Waals surface area (Å²) in [4.78, 5) is 0.173. The van der Waals surface area contributed by atoms with Crippen molar-refractivity contribution >= 4 is 10.0 Å². The number of aliphatic hydroxyl groups is 1. The number of sulfonamides is 1. The van der Waals surface area contributed by atoms with Crippen molar-refractivity contribution in [1.82, 2.24) is 14.5 Å². The van der Waals surface area contributed by atoms with E-state index in [1.54, 1.807) is 0 Å². The zero-order valence-electron chi connectivity index (χ0n) is 12.4. The average molecular weight is 303 g/mol. The molecule has 2 N–H and O–H groups in total. The monoisotopic (exact) mass is 303 g/mol. The standard InChI is InChI=1S/C13H25N3O3S/c1-4-11(2)8-12(3)15-20(18,19)13-9-14-16(10-13)6-5-7-17/h9-12,15,17H,4-8H2,1-3H3. The van der Waals surface area contributed by atoms with Gasteiger partial charge in [0, 0.05) is 25.4 Å². The third kappa shape index (κ3) is 5.22. The SMILES string of the molecule is CCC(C)CC(C)NS(=O)(=O)c1cnn(CCCO)c1. The van der Waals surface area contributed by atoms with Crippen molar-refractivity contribution in [3.63, 3.8) is 0 Å². The lowest BCUT2D eigenvalue weighted by Gasteiger charge is -2.16. The fraction of sp³-hybridized carbons (Fsp3) is 0.769. The number of aromatic nitrogens is 2. The van der Waals surface area contributed by atoms with Gasteiger partial charge in [0.1, 0.15) is 4.90 Å². The predicted molar refractivity (Wildman–Crippen MR) is 77.8 cm³/mol. The molecule has 2 atom stereocenters. The molecule has 0 saturated carbocycles. The van der Waals surface area contributed by atoms with Crippen LogP contribution in [0.2, 0.25) is 0 Å². The molecule has 1 heterocycles. The quantitative estimate of drug-likeness (QED) is 0.721. The molecule has 6 nitrogen and oxygen atoms in total. The largest absolute Gasteiger partial charge is 0.396 e. The van der Waals surface area contributed by atoms with Crippen LogP contribution in [0.1, 0.15) is 40.0 Å². The Labute approximate surface area is 121 Å². The molecule has 0 saturated heterocycles. The molecular weight excluding hydrogens is 278 g/mol. The molecule has 20 heavy (non-hydrogen) atoms. The minimum absolute atomic E-state index is 0.0616. The van der Waals surface area contributed by atoms with E-state index in [0.717, 1.165) is 12.8 Å². The van der Waals surface area contributed by atoms with Gasteiger partial charge in [-0.2, -0.15) is 5.10 Å². The van der Waals surface area contributed by atoms with E-state index in [1.165, 1.54) is 17.1 Å². The van der Waals surface area contributed by atoms with Gasteiger partial charge in [0.2, 0.25) is 10.0 Å². The highest BCUT2D eigenvalue weighted by Gasteiger charge is 2.20. The van der Waals surface area contributed by atoms with E-state index < -0.39 is 10.0 Å². The van der Waals surface area contributed by atoms with Gasteiger partial charge in [0.25, 0.3) is 0 Å². The summed E-state index contributed by atoms with van der Waals surface area (Å²) in [5, 5.41) is 12.7. The van der Waals surface area contributed by atoms with Gasteiger partial charge in [-0.15, -0.1) is 0 Å². The van der Waals surface area contributed by atoms with Crippen molar-refractivity contribution in [3.8, 4) is 0 Å². The lowest BCUT2D eigenvalue weighted by Crippen LogP contribution is -2.33. The summed E-state index contributed by atoms with van der Waals surface area (Å²) in [6.07, 6.45) is 5.24. The van der Waals surface area contributed by atoms with Gasteiger partial charge >= 0.3 is 0 Å². The topological polar surface area (TPSA) is 84.2 Å². The predicted octanol–water partition coefficient (Wildman–Crippen LogP) is 1.37. The summed E-state index contributed by atoms with van der Waals surface area (Å²) >= 11 is 0. The zero-order chi connectivity index (χ0) is 15.2. The van der Waals surface area contributed by atoms with Gasteiger partial charge in [-0.3, -0.25) is 4.68 Å². The third-order valence-corrected chi connectivity index (χ3v) is 4.82. The number of hydrogen-bond acceptors (Lipinski definition) is 4. The molecule has 116 valence electrons. The summed E-state index contributed by atoms with van der Waals surface area (Å²) in [6.45, 7) is 6.65. The molecule has 0 radical (unpaired) electrons. The number of hydrogen-bond donors (Lipinski definition) is 2. The molecule has 1 rings (SSSR count). The van der Waals surface area contributed by atoms with E-state index in [2.05, 4.69) is 23.7 Å². The van der Waals surface area contributed by atoms with Crippen LogP contribution in [0.15, 0.2) is 17.3 Å². The van der Waals surface area contributed by atoms with E-state index in [4.69, 9.17) is 5.11 Å². The lowest BCUT2D eigenvalue weighted by atomic mass is 10.0. The maximum Gasteiger partial charge on any atom is 0.243 e. The van der Waals surface area contributed by atoms with Crippen molar-refractivity contribution < 1.29 is 13.5 Å². The van der Waals surface area contributed by atoms with Gasteiger partial charge in [-0.1, -0.05) is 20.3 Å². The fourth-order valence-electron chi connectivity index (χ4n) is 1.99. The molecule has 2 unspecified atom stereocenters. The fourth-order valence-corrected chi connectivity index (χ4v) is 3.20. The van der Waals surface area contributed by atoms with Crippen molar-refractivity contribution in [2.75, 3.05) is 6.61 Å². The second-order valence-electron chi connectivity index (χ2n) is 5.29. The number of nitrogens with one attached hydrogen (secondary N) is 1. The summed E-state index contributed by atoms with van der Waals surface area (Å²) in [5.74, 6) is 0.486. The summed E-state index contributed by atoms with van der Waals surface area (Å²) < 4.78 is 28.6. The van der Waals surface area contributed by atoms with Crippen LogP contribution in [0.3, 0.4) is 0 Å². The first-order chi connectivity index (χ1) is 9.39. The Morgan fingerprint density at radius 3 is 2.75 bits per heavy atom. The highest BCUT2D eigenvalue weighted by atomic mass is 32.2. The van der Waals surface area contributed by atoms with Gasteiger partial charge in [-0.25, -0.2) is 13.1 Å². The van der Waals surface area contributed by atoms with Gasteiger partial charge in [0.15, 0.2) is 0 Å². The molecule has 1 aromatic heterocycles. The number of nitrogens with zero attached hydrogens (tertiary/aromatic N) is 2. The third-order valence-electron chi connectivity index (χ3n) is 3.27. The molecular formula is C13H25N3O3S. The Hall–Kier alpha value is -0.920. The van der Waals surface area contributed by atoms with Crippen molar-refractivity contribution in [3.05, 3.63) is 12.4 Å². The van der Waals surface area contributed by atoms with Crippen molar-refractivity contribution in [2.24, 2.45) is 5.92 Å². The second-order valence-corrected chi connectivity index (χ2v) is 7.00. The average Bonchev–Trinajstić information content (AvgIpc) is 2.84. The second kappa shape index (κ2) is 7.75. The molecule has 1 aromatic rings. The van der Waals surface area contributed by atoms with Crippen LogP contribution < -0.4 is 4.72 Å². The summed E-state index contributed by atoms with van der Waals surface area (Å²) in [5.41, 5.74) is 0. The molecule has 0 spiro atoms. The minimum atomic E-state index is -3.51. The molecule has 0 amide bonds. The maximum absolute atomic E-state index is 12.2. The Morgan fingerprint density at radius 1 is 1.45 bits per heavy atom. The van der Waals surface area contributed by atoms with Crippen molar-refractivity contribution in [2.45, 2.75) is 57.5 Å². The number of aliphatic hydroxyl groups excluding tert-OH is 1. The smallest absolute Gasteiger partial charge is 0.243 e. The molecule has 0 aromatic carbocycles. The molecule has 0 aliphatic carbocycles. The van der Waals surface area contributed by atoms with E-state index in [-0.39, 0.29) is 17.5 Å². The van der Waals surface area contributed by atoms with Crippen molar-refractivity contribution in [1.29, 1.82) is 0 Å². The first-order valence-electron chi connectivity index (χ1n) is 7.04. The van der Waals surface area contributed by atoms with E-state index in [0.29, 0.717) is 18.9 Å². The Kier molecular flexibility index (Phi) is 6.64. The first-order valence-corrected chi connectivity index (χ1v) is 8.53. The van der Waals surface area contributed by atoms with Crippen LogP contribution in [0, 0.1) is 5.92 Å². The van der Waals surface area contributed by atoms with Crippen LogP contribution in [0.25, 0.3) is 0 Å². The molecule has 7 heteroatoms. The van der Waals surface area contributed by atoms with Gasteiger partial charge in [-0.05, 0) is 25.7 Å². The van der Waals surface area contributed by atoms with E-state index in [9.17, 15) is 8.42 Å². The number of rotatable bonds is 9. The van der Waals surface area contributed by atoms with Crippen LogP contribution >= 0.6 is 0 Å². The van der Waals surface area contributed by atoms with E-state index in [1.807, 2.05) is 6.92 Å². The molecule has 0 fully saturated rings. The maximum atomic E-state index is 12.2. The highest BCUT2D eigenvalue weighted by molar-refractivity contribution is 7.89. The van der Waals surface area contributed by atoms with Crippen LogP contribution in [-0.4, -0.2) is 36.0 Å². The zero-order valence-corrected chi connectivity index (χ0v) is 13.2. The lowest BCUT2D eigenvalue weighted by molar-refractivity contribution is 0.277. The van der Waals surface area contributed by atoms with Crippen LogP contribution in [-0.2, 0) is 16.6 Å². The number of aryl methyl sites for hydroxylation is 1. The Bertz CT molecular complexity index is 499. The summed E-state index contributed by atoms with van der Waals surface area (Å²) in [7, 11) is -3.51. The Morgan fingerprint density at radius 2 is 2.15 bits per heavy atom. The van der Waals surface area contributed by atoms with E-state index >= 15 is 0 Å². The molecule has 0 aliphatic rings. The molecule has 0 bridgehead atoms. The Balaban J connectivity index is 2.66. The van der Waals surface area contributed by atoms with Crippen LogP contribution in [0.5, 0.6) is 0 Å². The molecule has 0 aliphatic heterocycles. The normalized spacial score (nSPS) is 15.2. The summed E-state index contributed by atoms with van der Waals surface area (Å²) in [6, 6.07) is -0.101. The van der Waals surface area contributed by atoms with Gasteiger partial charge < -0.3 is 5.11 Å². The first kappa shape index (κ1) is 17.1. The van der Waals surface area contributed by atoms with Gasteiger partial charge in [0.05, 0.1) is 6.20 Å². The highest BCUT2D eigenvalue weighted by Crippen LogP contribution is 2.13.